The first-order valence-corrected chi connectivity index (χ1v) is 17.9. The van der Waals surface area contributed by atoms with Gasteiger partial charge < -0.3 is 38.8 Å². The standard InChI is InChI=1S/C37H36Cl2FN3O7/c38-28-9-24(42-16-37(17-42)49-18-36(19-50-37)7-2-8-36)10-29(39)32(28)34(44)41-13-21-3-1-4-25(33(21)48-20-41)26-12-31(27(35(45)46)11-30(26)40)43-22-5-6-23(43)15-47-14-22/h1,3-4,9-12,22-23H,2,5-8,13-20H2,(H,45,46). The summed E-state index contributed by atoms with van der Waals surface area (Å²) in [4.78, 5) is 31.7. The molecule has 262 valence electrons. The second-order valence-corrected chi connectivity index (χ2v) is 15.4. The molecule has 6 aliphatic rings. The Balaban J connectivity index is 0.941. The number of benzene rings is 3. The van der Waals surface area contributed by atoms with E-state index >= 15 is 4.39 Å². The molecule has 1 aliphatic carbocycles. The topological polar surface area (TPSA) is 101 Å². The van der Waals surface area contributed by atoms with E-state index in [9.17, 15) is 14.7 Å². The monoisotopic (exact) mass is 723 g/mol. The number of hydrogen-bond acceptors (Lipinski definition) is 8. The van der Waals surface area contributed by atoms with E-state index in [1.165, 1.54) is 11.3 Å². The number of nitrogens with zero attached hydrogens (tertiary/aromatic N) is 3. The Hall–Kier alpha value is -3.61. The van der Waals surface area contributed by atoms with Gasteiger partial charge >= 0.3 is 5.97 Å². The van der Waals surface area contributed by atoms with Gasteiger partial charge in [-0.2, -0.15) is 0 Å². The maximum atomic E-state index is 15.7. The van der Waals surface area contributed by atoms with Crippen LogP contribution >= 0.6 is 23.2 Å². The second-order valence-electron chi connectivity index (χ2n) is 14.5. The zero-order valence-corrected chi connectivity index (χ0v) is 28.8. The van der Waals surface area contributed by atoms with Crippen molar-refractivity contribution in [3.05, 3.63) is 75.0 Å². The summed E-state index contributed by atoms with van der Waals surface area (Å²) < 4.78 is 40.0. The third-order valence-electron chi connectivity index (χ3n) is 11.4. The van der Waals surface area contributed by atoms with Crippen molar-refractivity contribution in [2.45, 2.75) is 56.5 Å². The van der Waals surface area contributed by atoms with Gasteiger partial charge in [0.15, 0.2) is 6.73 Å². The highest BCUT2D eigenvalue weighted by atomic mass is 35.5. The van der Waals surface area contributed by atoms with Crippen LogP contribution in [0.3, 0.4) is 0 Å². The van der Waals surface area contributed by atoms with E-state index in [0.29, 0.717) is 48.9 Å². The van der Waals surface area contributed by atoms with Crippen LogP contribution in [0.1, 0.15) is 58.4 Å². The molecule has 9 rings (SSSR count). The molecule has 0 radical (unpaired) electrons. The highest BCUT2D eigenvalue weighted by molar-refractivity contribution is 6.40. The number of carbonyl (C=O) groups is 2. The van der Waals surface area contributed by atoms with E-state index in [2.05, 4.69) is 9.80 Å². The van der Waals surface area contributed by atoms with E-state index in [-0.39, 0.29) is 57.5 Å². The van der Waals surface area contributed by atoms with Gasteiger partial charge in [0, 0.05) is 27.8 Å². The lowest BCUT2D eigenvalue weighted by Gasteiger charge is -2.57. The van der Waals surface area contributed by atoms with Crippen LogP contribution in [0, 0.1) is 11.2 Å². The number of halogens is 3. The van der Waals surface area contributed by atoms with Crippen LogP contribution in [0.5, 0.6) is 5.75 Å². The summed E-state index contributed by atoms with van der Waals surface area (Å²) in [6, 6.07) is 11.6. The van der Waals surface area contributed by atoms with Gasteiger partial charge in [-0.05, 0) is 49.9 Å². The van der Waals surface area contributed by atoms with Crippen LogP contribution in [0.2, 0.25) is 10.0 Å². The van der Waals surface area contributed by atoms with Crippen molar-refractivity contribution in [3.8, 4) is 16.9 Å². The van der Waals surface area contributed by atoms with Crippen molar-refractivity contribution < 1.29 is 38.0 Å². The zero-order chi connectivity index (χ0) is 34.4. The van der Waals surface area contributed by atoms with Gasteiger partial charge in [0.05, 0.1) is 85.0 Å². The molecule has 1 N–H and O–H groups in total. The third kappa shape index (κ3) is 5.23. The van der Waals surface area contributed by atoms with Crippen molar-refractivity contribution in [3.63, 3.8) is 0 Å². The summed E-state index contributed by atoms with van der Waals surface area (Å²) in [6.07, 6.45) is 5.29. The molecular weight excluding hydrogens is 688 g/mol. The molecule has 2 unspecified atom stereocenters. The molecule has 10 nitrogen and oxygen atoms in total. The fourth-order valence-electron chi connectivity index (χ4n) is 8.41. The molecule has 0 aromatic heterocycles. The molecule has 1 saturated carbocycles. The molecule has 3 aromatic rings. The minimum atomic E-state index is -1.19. The van der Waals surface area contributed by atoms with E-state index in [4.69, 9.17) is 42.1 Å². The van der Waals surface area contributed by atoms with E-state index < -0.39 is 23.5 Å². The molecule has 3 aromatic carbocycles. The lowest BCUT2D eigenvalue weighted by molar-refractivity contribution is -0.322. The Morgan fingerprint density at radius 1 is 0.940 bits per heavy atom. The molecule has 5 heterocycles. The van der Waals surface area contributed by atoms with Crippen LogP contribution in [-0.2, 0) is 20.8 Å². The molecule has 50 heavy (non-hydrogen) atoms. The van der Waals surface area contributed by atoms with Crippen molar-refractivity contribution in [1.82, 2.24) is 4.90 Å². The summed E-state index contributed by atoms with van der Waals surface area (Å²) in [5.74, 6) is -2.43. The maximum Gasteiger partial charge on any atom is 0.337 e. The average molecular weight is 725 g/mol. The van der Waals surface area contributed by atoms with Crippen LogP contribution < -0.4 is 14.5 Å². The van der Waals surface area contributed by atoms with Gasteiger partial charge in [0.2, 0.25) is 5.79 Å². The predicted octanol–water partition coefficient (Wildman–Crippen LogP) is 6.59. The van der Waals surface area contributed by atoms with Gasteiger partial charge in [0.1, 0.15) is 11.6 Å². The van der Waals surface area contributed by atoms with Crippen LogP contribution in [0.15, 0.2) is 42.5 Å². The molecule has 2 atom stereocenters. The van der Waals surface area contributed by atoms with Crippen molar-refractivity contribution >= 4 is 46.5 Å². The third-order valence-corrected chi connectivity index (χ3v) is 12.0. The fraction of sp³-hybridized carbons (Fsp3) is 0.459. The molecule has 5 fully saturated rings. The molecule has 5 aliphatic heterocycles. The summed E-state index contributed by atoms with van der Waals surface area (Å²) in [5.41, 5.74) is 2.91. The first-order valence-electron chi connectivity index (χ1n) is 17.1. The second kappa shape index (κ2) is 12.0. The number of morpholine rings is 1. The summed E-state index contributed by atoms with van der Waals surface area (Å²) in [5, 5.41) is 10.4. The largest absolute Gasteiger partial charge is 0.478 e. The SMILES string of the molecule is O=C(O)c1cc(F)c(-c2cccc3c2OCN(C(=O)c2c(Cl)cc(N4CC5(C4)OCC4(CCC4)CO5)cc2Cl)C3)cc1N1C2CCC1COC2. The molecule has 2 spiro atoms. The van der Waals surface area contributed by atoms with Gasteiger partial charge in [0.25, 0.3) is 5.91 Å². The number of carbonyl (C=O) groups excluding carboxylic acids is 1. The van der Waals surface area contributed by atoms with Crippen LogP contribution in [0.25, 0.3) is 11.1 Å². The highest BCUT2D eigenvalue weighted by Crippen LogP contribution is 2.49. The number of para-hydroxylation sites is 1. The molecule has 1 amide bonds. The maximum absolute atomic E-state index is 15.7. The lowest BCUT2D eigenvalue weighted by Crippen LogP contribution is -2.69. The number of rotatable bonds is 5. The molecular formula is C37H36Cl2FN3O7. The quantitative estimate of drug-likeness (QED) is 0.313. The van der Waals surface area contributed by atoms with Gasteiger partial charge in [-0.15, -0.1) is 0 Å². The summed E-state index contributed by atoms with van der Waals surface area (Å²) in [7, 11) is 0. The lowest BCUT2D eigenvalue weighted by atomic mass is 9.69. The molecule has 2 bridgehead atoms. The highest BCUT2D eigenvalue weighted by Gasteiger charge is 2.53. The summed E-state index contributed by atoms with van der Waals surface area (Å²) in [6.45, 7) is 3.61. The fourth-order valence-corrected chi connectivity index (χ4v) is 9.05. The van der Waals surface area contributed by atoms with Crippen molar-refractivity contribution in [2.24, 2.45) is 5.41 Å². The number of fused-ring (bicyclic) bond motifs is 3. The van der Waals surface area contributed by atoms with E-state index in [1.54, 1.807) is 30.3 Å². The molecule has 4 saturated heterocycles. The van der Waals surface area contributed by atoms with Crippen molar-refractivity contribution in [1.29, 1.82) is 0 Å². The minimum Gasteiger partial charge on any atom is -0.478 e. The van der Waals surface area contributed by atoms with Gasteiger partial charge in [-0.3, -0.25) is 4.79 Å². The number of ether oxygens (including phenoxy) is 4. The number of carboxylic acid groups (broad SMARTS) is 1. The predicted molar refractivity (Wildman–Crippen MR) is 184 cm³/mol. The Kier molecular flexibility index (Phi) is 7.74. The zero-order valence-electron chi connectivity index (χ0n) is 27.3. The number of aromatic carboxylic acids is 1. The number of carboxylic acids is 1. The smallest absolute Gasteiger partial charge is 0.337 e. The average Bonchev–Trinajstić information content (AvgIpc) is 3.32. The van der Waals surface area contributed by atoms with E-state index in [1.807, 2.05) is 6.07 Å². The van der Waals surface area contributed by atoms with Gasteiger partial charge in [-0.1, -0.05) is 47.8 Å². The Labute approximate surface area is 298 Å². The van der Waals surface area contributed by atoms with Gasteiger partial charge in [-0.25, -0.2) is 9.18 Å². The van der Waals surface area contributed by atoms with Crippen molar-refractivity contribution in [2.75, 3.05) is 56.0 Å². The van der Waals surface area contributed by atoms with E-state index in [0.717, 1.165) is 50.7 Å². The Morgan fingerprint density at radius 2 is 1.64 bits per heavy atom. The van der Waals surface area contributed by atoms with Crippen LogP contribution in [0.4, 0.5) is 15.8 Å². The Morgan fingerprint density at radius 3 is 2.28 bits per heavy atom. The number of hydrogen-bond donors (Lipinski definition) is 1. The normalized spacial score (nSPS) is 24.4. The van der Waals surface area contributed by atoms with Crippen LogP contribution in [-0.4, -0.2) is 86.0 Å². The minimum absolute atomic E-state index is 0.0281. The number of anilines is 2. The number of amides is 1. The molecule has 13 heteroatoms. The first-order chi connectivity index (χ1) is 24.1. The Bertz CT molecular complexity index is 1860. The first kappa shape index (κ1) is 32.3. The summed E-state index contributed by atoms with van der Waals surface area (Å²) >= 11 is 13.4.